The Morgan fingerprint density at radius 1 is 1.41 bits per heavy atom. The van der Waals surface area contributed by atoms with Crippen molar-refractivity contribution >= 4 is 5.91 Å². The zero-order valence-corrected chi connectivity index (χ0v) is 9.24. The molecule has 4 nitrogen and oxygen atoms in total. The van der Waals surface area contributed by atoms with Gasteiger partial charge in [-0.15, -0.1) is 0 Å². The van der Waals surface area contributed by atoms with E-state index in [9.17, 15) is 9.18 Å². The van der Waals surface area contributed by atoms with Gasteiger partial charge in [0.2, 0.25) is 0 Å². The van der Waals surface area contributed by atoms with E-state index in [4.69, 9.17) is 4.52 Å². The first-order chi connectivity index (χ1) is 8.15. The van der Waals surface area contributed by atoms with E-state index in [2.05, 4.69) is 10.5 Å². The number of hydrogen-bond acceptors (Lipinski definition) is 3. The van der Waals surface area contributed by atoms with Gasteiger partial charge in [-0.3, -0.25) is 4.79 Å². The molecule has 0 radical (unpaired) electrons. The summed E-state index contributed by atoms with van der Waals surface area (Å²) >= 11 is 0. The second-order valence-electron chi connectivity index (χ2n) is 3.63. The average molecular weight is 234 g/mol. The van der Waals surface area contributed by atoms with Crippen LogP contribution in [0.1, 0.15) is 21.8 Å². The Bertz CT molecular complexity index is 520. The van der Waals surface area contributed by atoms with Crippen LogP contribution in [0.4, 0.5) is 4.39 Å². The van der Waals surface area contributed by atoms with Crippen molar-refractivity contribution in [3.63, 3.8) is 0 Å². The Hall–Kier alpha value is -2.17. The van der Waals surface area contributed by atoms with Crippen LogP contribution in [0.3, 0.4) is 0 Å². The highest BCUT2D eigenvalue weighted by molar-refractivity contribution is 5.92. The summed E-state index contributed by atoms with van der Waals surface area (Å²) in [6.07, 6.45) is 0. The smallest absolute Gasteiger partial charge is 0.273 e. The number of carbonyl (C=O) groups excluding carboxylic acids is 1. The molecule has 88 valence electrons. The summed E-state index contributed by atoms with van der Waals surface area (Å²) < 4.78 is 17.4. The fourth-order valence-corrected chi connectivity index (χ4v) is 1.35. The number of rotatable bonds is 3. The van der Waals surface area contributed by atoms with Crippen LogP contribution in [-0.2, 0) is 6.54 Å². The highest BCUT2D eigenvalue weighted by Gasteiger charge is 2.09. The number of aryl methyl sites for hydroxylation is 1. The van der Waals surface area contributed by atoms with Crippen molar-refractivity contribution in [2.45, 2.75) is 13.5 Å². The maximum Gasteiger partial charge on any atom is 0.273 e. The molecule has 0 atom stereocenters. The molecule has 0 aliphatic carbocycles. The van der Waals surface area contributed by atoms with E-state index in [1.807, 2.05) is 0 Å². The van der Waals surface area contributed by atoms with Crippen LogP contribution in [0, 0.1) is 12.7 Å². The van der Waals surface area contributed by atoms with Crippen molar-refractivity contribution in [1.82, 2.24) is 10.5 Å². The van der Waals surface area contributed by atoms with Crippen LogP contribution in [0.5, 0.6) is 0 Å². The maximum absolute atomic E-state index is 12.6. The van der Waals surface area contributed by atoms with Crippen molar-refractivity contribution in [1.29, 1.82) is 0 Å². The summed E-state index contributed by atoms with van der Waals surface area (Å²) in [4.78, 5) is 11.6. The minimum absolute atomic E-state index is 0.240. The van der Waals surface area contributed by atoms with Crippen molar-refractivity contribution in [3.05, 3.63) is 53.2 Å². The number of amides is 1. The maximum atomic E-state index is 12.6. The molecule has 1 aromatic heterocycles. The van der Waals surface area contributed by atoms with Gasteiger partial charge in [0.15, 0.2) is 5.69 Å². The van der Waals surface area contributed by atoms with Gasteiger partial charge >= 0.3 is 0 Å². The molecule has 1 aromatic carbocycles. The van der Waals surface area contributed by atoms with Gasteiger partial charge in [-0.25, -0.2) is 4.39 Å². The molecular weight excluding hydrogens is 223 g/mol. The summed E-state index contributed by atoms with van der Waals surface area (Å²) in [6.45, 7) is 2.04. The van der Waals surface area contributed by atoms with Gasteiger partial charge in [0.05, 0.1) is 0 Å². The van der Waals surface area contributed by atoms with Crippen molar-refractivity contribution < 1.29 is 13.7 Å². The minimum atomic E-state index is -0.314. The third kappa shape index (κ3) is 2.90. The van der Waals surface area contributed by atoms with Gasteiger partial charge in [-0.2, -0.15) is 0 Å². The van der Waals surface area contributed by atoms with E-state index in [0.29, 0.717) is 12.3 Å². The number of aromatic nitrogens is 1. The molecule has 1 amide bonds. The summed E-state index contributed by atoms with van der Waals surface area (Å²) in [5, 5.41) is 6.26. The van der Waals surface area contributed by atoms with Gasteiger partial charge in [0, 0.05) is 12.6 Å². The topological polar surface area (TPSA) is 55.1 Å². The number of nitrogens with zero attached hydrogens (tertiary/aromatic N) is 1. The fourth-order valence-electron chi connectivity index (χ4n) is 1.35. The van der Waals surface area contributed by atoms with E-state index >= 15 is 0 Å². The minimum Gasteiger partial charge on any atom is -0.361 e. The second-order valence-corrected chi connectivity index (χ2v) is 3.63. The van der Waals surface area contributed by atoms with Crippen molar-refractivity contribution in [2.24, 2.45) is 0 Å². The Kier molecular flexibility index (Phi) is 3.18. The summed E-state index contributed by atoms with van der Waals surface area (Å²) in [7, 11) is 0. The van der Waals surface area contributed by atoms with Crippen LogP contribution in [-0.4, -0.2) is 11.1 Å². The number of carbonyl (C=O) groups is 1. The second kappa shape index (κ2) is 4.78. The van der Waals surface area contributed by atoms with Gasteiger partial charge < -0.3 is 9.84 Å². The Balaban J connectivity index is 1.94. The average Bonchev–Trinajstić information content (AvgIpc) is 2.75. The van der Waals surface area contributed by atoms with Crippen LogP contribution >= 0.6 is 0 Å². The van der Waals surface area contributed by atoms with E-state index in [0.717, 1.165) is 5.56 Å². The molecule has 0 saturated carbocycles. The number of hydrogen-bond donors (Lipinski definition) is 1. The van der Waals surface area contributed by atoms with Crippen molar-refractivity contribution in [2.75, 3.05) is 0 Å². The lowest BCUT2D eigenvalue weighted by Gasteiger charge is -2.02. The molecule has 0 spiro atoms. The Morgan fingerprint density at radius 2 is 2.12 bits per heavy atom. The lowest BCUT2D eigenvalue weighted by Crippen LogP contribution is -2.23. The molecular formula is C12H11FN2O2. The zero-order chi connectivity index (χ0) is 12.3. The molecule has 0 aliphatic heterocycles. The molecule has 2 rings (SSSR count). The molecule has 0 fully saturated rings. The van der Waals surface area contributed by atoms with Crippen LogP contribution < -0.4 is 5.32 Å². The summed E-state index contributed by atoms with van der Waals surface area (Å²) in [5.74, 6) is -0.0321. The number of benzene rings is 1. The molecule has 5 heteroatoms. The van der Waals surface area contributed by atoms with Crippen LogP contribution in [0.2, 0.25) is 0 Å². The molecule has 17 heavy (non-hydrogen) atoms. The zero-order valence-electron chi connectivity index (χ0n) is 9.24. The normalized spacial score (nSPS) is 10.2. The van der Waals surface area contributed by atoms with Gasteiger partial charge in [0.1, 0.15) is 11.6 Å². The first-order valence-electron chi connectivity index (χ1n) is 5.11. The van der Waals surface area contributed by atoms with E-state index in [-0.39, 0.29) is 17.4 Å². The predicted molar refractivity (Wildman–Crippen MR) is 58.8 cm³/mol. The molecule has 0 unspecified atom stereocenters. The van der Waals surface area contributed by atoms with Crippen LogP contribution in [0.25, 0.3) is 0 Å². The molecule has 0 saturated heterocycles. The van der Waals surface area contributed by atoms with Gasteiger partial charge in [-0.05, 0) is 24.6 Å². The first-order valence-corrected chi connectivity index (χ1v) is 5.11. The monoisotopic (exact) mass is 234 g/mol. The lowest BCUT2D eigenvalue weighted by molar-refractivity contribution is 0.0942. The summed E-state index contributed by atoms with van der Waals surface area (Å²) in [5.41, 5.74) is 1.06. The Labute approximate surface area is 97.4 Å². The Morgan fingerprint density at radius 3 is 2.71 bits per heavy atom. The number of nitrogens with one attached hydrogen (secondary N) is 1. The lowest BCUT2D eigenvalue weighted by atomic mass is 10.2. The number of halogens is 1. The standard InChI is InChI=1S/C12H11FN2O2/c1-8-6-11(15-17-8)12(16)14-7-9-2-4-10(13)5-3-9/h2-6H,7H2,1H3,(H,14,16). The van der Waals surface area contributed by atoms with E-state index in [1.165, 1.54) is 12.1 Å². The van der Waals surface area contributed by atoms with E-state index in [1.54, 1.807) is 25.1 Å². The SMILES string of the molecule is Cc1cc(C(=O)NCc2ccc(F)cc2)no1. The molecule has 1 heterocycles. The third-order valence-electron chi connectivity index (χ3n) is 2.23. The summed E-state index contributed by atoms with van der Waals surface area (Å²) in [6, 6.07) is 7.48. The van der Waals surface area contributed by atoms with E-state index < -0.39 is 0 Å². The quantitative estimate of drug-likeness (QED) is 0.884. The highest BCUT2D eigenvalue weighted by Crippen LogP contribution is 2.04. The van der Waals surface area contributed by atoms with Gasteiger partial charge in [-0.1, -0.05) is 17.3 Å². The van der Waals surface area contributed by atoms with Gasteiger partial charge in [0.25, 0.3) is 5.91 Å². The molecule has 0 aliphatic rings. The predicted octanol–water partition coefficient (Wildman–Crippen LogP) is 2.05. The molecule has 1 N–H and O–H groups in total. The third-order valence-corrected chi connectivity index (χ3v) is 2.23. The largest absolute Gasteiger partial charge is 0.361 e. The molecule has 0 bridgehead atoms. The first kappa shape index (κ1) is 11.3. The molecule has 2 aromatic rings. The van der Waals surface area contributed by atoms with Crippen molar-refractivity contribution in [3.8, 4) is 0 Å². The fraction of sp³-hybridized carbons (Fsp3) is 0.167. The highest BCUT2D eigenvalue weighted by atomic mass is 19.1. The van der Waals surface area contributed by atoms with Crippen LogP contribution in [0.15, 0.2) is 34.9 Å².